The molecule has 0 radical (unpaired) electrons. The van der Waals surface area contributed by atoms with E-state index in [9.17, 15) is 4.79 Å². The standard InChI is InChI=1S/C20H23NO5/c1-20(2)11-25-16-9-12(5-7-14(16)18(20)26-19(21)22)13-6-8-15(23-3)17(10-13)24-4/h5-10,18H,11H2,1-4H3,(H2,21,22). The minimum Gasteiger partial charge on any atom is -0.493 e. The molecule has 0 fully saturated rings. The topological polar surface area (TPSA) is 80.0 Å². The van der Waals surface area contributed by atoms with Crippen molar-refractivity contribution in [2.45, 2.75) is 20.0 Å². The van der Waals surface area contributed by atoms with Crippen molar-refractivity contribution in [3.05, 3.63) is 42.0 Å². The molecule has 26 heavy (non-hydrogen) atoms. The smallest absolute Gasteiger partial charge is 0.405 e. The molecule has 1 atom stereocenters. The van der Waals surface area contributed by atoms with Crippen LogP contribution in [0.3, 0.4) is 0 Å². The number of ether oxygens (including phenoxy) is 4. The lowest BCUT2D eigenvalue weighted by Crippen LogP contribution is -2.37. The van der Waals surface area contributed by atoms with E-state index in [1.165, 1.54) is 0 Å². The van der Waals surface area contributed by atoms with Crippen LogP contribution in [0, 0.1) is 5.41 Å². The van der Waals surface area contributed by atoms with Crippen molar-refractivity contribution in [2.24, 2.45) is 11.1 Å². The van der Waals surface area contributed by atoms with Gasteiger partial charge < -0.3 is 24.7 Å². The van der Waals surface area contributed by atoms with Crippen LogP contribution in [0.4, 0.5) is 4.79 Å². The summed E-state index contributed by atoms with van der Waals surface area (Å²) in [5, 5.41) is 0. The van der Waals surface area contributed by atoms with Gasteiger partial charge in [-0.2, -0.15) is 0 Å². The minimum absolute atomic E-state index is 0.368. The molecule has 2 aromatic rings. The zero-order valence-electron chi connectivity index (χ0n) is 15.4. The van der Waals surface area contributed by atoms with Gasteiger partial charge in [-0.3, -0.25) is 0 Å². The van der Waals surface area contributed by atoms with Crippen molar-refractivity contribution >= 4 is 6.09 Å². The Morgan fingerprint density at radius 2 is 1.73 bits per heavy atom. The predicted octanol–water partition coefficient (Wildman–Crippen LogP) is 3.93. The van der Waals surface area contributed by atoms with Crippen molar-refractivity contribution in [3.63, 3.8) is 0 Å². The molecule has 0 aromatic heterocycles. The number of carbonyl (C=O) groups is 1. The highest BCUT2D eigenvalue weighted by Crippen LogP contribution is 2.46. The Morgan fingerprint density at radius 1 is 1.08 bits per heavy atom. The lowest BCUT2D eigenvalue weighted by atomic mass is 9.80. The Kier molecular flexibility index (Phi) is 4.68. The van der Waals surface area contributed by atoms with Gasteiger partial charge in [0.25, 0.3) is 0 Å². The van der Waals surface area contributed by atoms with Crippen molar-refractivity contribution < 1.29 is 23.7 Å². The SMILES string of the molecule is COc1ccc(-c2ccc3c(c2)OCC(C)(C)C3OC(N)=O)cc1OC. The number of benzene rings is 2. The molecule has 6 nitrogen and oxygen atoms in total. The lowest BCUT2D eigenvalue weighted by Gasteiger charge is -2.38. The largest absolute Gasteiger partial charge is 0.493 e. The van der Waals surface area contributed by atoms with Gasteiger partial charge in [0.1, 0.15) is 11.9 Å². The summed E-state index contributed by atoms with van der Waals surface area (Å²) in [5.41, 5.74) is 7.62. The summed E-state index contributed by atoms with van der Waals surface area (Å²) >= 11 is 0. The first kappa shape index (κ1) is 17.9. The van der Waals surface area contributed by atoms with Crippen LogP contribution in [0.5, 0.6) is 17.2 Å². The van der Waals surface area contributed by atoms with E-state index in [4.69, 9.17) is 24.7 Å². The first-order valence-electron chi connectivity index (χ1n) is 8.31. The third kappa shape index (κ3) is 3.27. The highest BCUT2D eigenvalue weighted by molar-refractivity contribution is 5.70. The maximum absolute atomic E-state index is 11.3. The number of nitrogens with two attached hydrogens (primary N) is 1. The van der Waals surface area contributed by atoms with E-state index in [-0.39, 0.29) is 5.41 Å². The Labute approximate surface area is 152 Å². The van der Waals surface area contributed by atoms with E-state index in [2.05, 4.69) is 0 Å². The van der Waals surface area contributed by atoms with Gasteiger partial charge in [-0.1, -0.05) is 32.0 Å². The summed E-state index contributed by atoms with van der Waals surface area (Å²) in [6.45, 7) is 4.38. The normalized spacial score (nSPS) is 17.6. The van der Waals surface area contributed by atoms with Gasteiger partial charge in [-0.25, -0.2) is 4.79 Å². The third-order valence-corrected chi connectivity index (χ3v) is 4.56. The molecule has 0 bridgehead atoms. The fraction of sp³-hybridized carbons (Fsp3) is 0.350. The maximum Gasteiger partial charge on any atom is 0.405 e. The van der Waals surface area contributed by atoms with Gasteiger partial charge in [-0.15, -0.1) is 0 Å². The molecule has 3 rings (SSSR count). The molecular weight excluding hydrogens is 334 g/mol. The summed E-state index contributed by atoms with van der Waals surface area (Å²) in [6.07, 6.45) is -1.25. The molecule has 0 spiro atoms. The first-order chi connectivity index (χ1) is 12.4. The highest BCUT2D eigenvalue weighted by Gasteiger charge is 2.40. The second kappa shape index (κ2) is 6.78. The molecule has 1 unspecified atom stereocenters. The van der Waals surface area contributed by atoms with Crippen LogP contribution in [0.2, 0.25) is 0 Å². The van der Waals surface area contributed by atoms with Gasteiger partial charge in [0.15, 0.2) is 11.5 Å². The van der Waals surface area contributed by atoms with Crippen LogP contribution >= 0.6 is 0 Å². The minimum atomic E-state index is -0.792. The van der Waals surface area contributed by atoms with E-state index < -0.39 is 12.2 Å². The van der Waals surface area contributed by atoms with E-state index in [1.807, 2.05) is 50.2 Å². The average molecular weight is 357 g/mol. The fourth-order valence-electron chi connectivity index (χ4n) is 3.17. The number of hydrogen-bond acceptors (Lipinski definition) is 5. The van der Waals surface area contributed by atoms with E-state index in [0.717, 1.165) is 16.7 Å². The van der Waals surface area contributed by atoms with Crippen LogP contribution in [0.1, 0.15) is 25.5 Å². The van der Waals surface area contributed by atoms with Crippen LogP contribution in [-0.4, -0.2) is 26.9 Å². The Morgan fingerprint density at radius 3 is 2.38 bits per heavy atom. The monoisotopic (exact) mass is 357 g/mol. The second-order valence-electron chi connectivity index (χ2n) is 6.92. The average Bonchev–Trinajstić information content (AvgIpc) is 2.63. The molecule has 0 saturated carbocycles. The molecule has 1 aliphatic heterocycles. The summed E-state index contributed by atoms with van der Waals surface area (Å²) in [7, 11) is 3.20. The van der Waals surface area contributed by atoms with Gasteiger partial charge in [0, 0.05) is 11.0 Å². The number of carbonyl (C=O) groups excluding carboxylic acids is 1. The Bertz CT molecular complexity index is 831. The Hall–Kier alpha value is -2.89. The molecule has 0 saturated heterocycles. The van der Waals surface area contributed by atoms with Crippen LogP contribution in [-0.2, 0) is 4.74 Å². The van der Waals surface area contributed by atoms with Gasteiger partial charge in [0.2, 0.25) is 0 Å². The maximum atomic E-state index is 11.3. The first-order valence-corrected chi connectivity index (χ1v) is 8.31. The zero-order valence-corrected chi connectivity index (χ0v) is 15.4. The van der Waals surface area contributed by atoms with Crippen molar-refractivity contribution in [1.82, 2.24) is 0 Å². The van der Waals surface area contributed by atoms with Crippen LogP contribution in [0.15, 0.2) is 36.4 Å². The quantitative estimate of drug-likeness (QED) is 0.897. The Balaban J connectivity index is 2.00. The molecule has 2 N–H and O–H groups in total. The summed E-state index contributed by atoms with van der Waals surface area (Å²) < 4.78 is 21.9. The van der Waals surface area contributed by atoms with Crippen molar-refractivity contribution in [1.29, 1.82) is 0 Å². The van der Waals surface area contributed by atoms with E-state index in [0.29, 0.717) is 23.9 Å². The lowest BCUT2D eigenvalue weighted by molar-refractivity contribution is -0.0176. The van der Waals surface area contributed by atoms with Gasteiger partial charge >= 0.3 is 6.09 Å². The molecule has 1 amide bonds. The van der Waals surface area contributed by atoms with E-state index in [1.54, 1.807) is 14.2 Å². The molecular formula is C20H23NO5. The van der Waals surface area contributed by atoms with E-state index >= 15 is 0 Å². The second-order valence-corrected chi connectivity index (χ2v) is 6.92. The number of fused-ring (bicyclic) bond motifs is 1. The van der Waals surface area contributed by atoms with Crippen molar-refractivity contribution in [2.75, 3.05) is 20.8 Å². The van der Waals surface area contributed by atoms with Crippen LogP contribution < -0.4 is 19.9 Å². The molecule has 1 aliphatic rings. The number of methoxy groups -OCH3 is 2. The summed E-state index contributed by atoms with van der Waals surface area (Å²) in [4.78, 5) is 11.3. The molecule has 1 heterocycles. The predicted molar refractivity (Wildman–Crippen MR) is 97.7 cm³/mol. The highest BCUT2D eigenvalue weighted by atomic mass is 16.6. The number of primary amides is 1. The number of hydrogen-bond donors (Lipinski definition) is 1. The summed E-state index contributed by atoms with van der Waals surface area (Å²) in [5.74, 6) is 2.00. The molecule has 138 valence electrons. The van der Waals surface area contributed by atoms with Gasteiger partial charge in [0.05, 0.1) is 20.8 Å². The third-order valence-electron chi connectivity index (χ3n) is 4.56. The fourth-order valence-corrected chi connectivity index (χ4v) is 3.17. The molecule has 2 aromatic carbocycles. The zero-order chi connectivity index (χ0) is 18.9. The summed E-state index contributed by atoms with van der Waals surface area (Å²) in [6, 6.07) is 11.5. The van der Waals surface area contributed by atoms with Crippen molar-refractivity contribution in [3.8, 4) is 28.4 Å². The van der Waals surface area contributed by atoms with Gasteiger partial charge in [-0.05, 0) is 29.3 Å². The van der Waals surface area contributed by atoms with Crippen LogP contribution in [0.25, 0.3) is 11.1 Å². The number of amides is 1. The molecule has 0 aliphatic carbocycles. The number of rotatable bonds is 4. The molecule has 6 heteroatoms.